The number of hydrogen-bond acceptors (Lipinski definition) is 2. The second-order valence-corrected chi connectivity index (χ2v) is 5.17. The maximum Gasteiger partial charge on any atom is 0.105 e. The van der Waals surface area contributed by atoms with Gasteiger partial charge in [-0.15, -0.1) is 0 Å². The Labute approximate surface area is 108 Å². The van der Waals surface area contributed by atoms with E-state index in [1.54, 1.807) is 6.26 Å². The molecule has 0 saturated heterocycles. The van der Waals surface area contributed by atoms with Gasteiger partial charge in [-0.25, -0.2) is 0 Å². The van der Waals surface area contributed by atoms with Crippen LogP contribution in [0.2, 0.25) is 0 Å². The first kappa shape index (κ1) is 11.5. The maximum absolute atomic E-state index is 6.42. The molecule has 0 radical (unpaired) electrons. The summed E-state index contributed by atoms with van der Waals surface area (Å²) in [6.07, 6.45) is 5.66. The van der Waals surface area contributed by atoms with Crippen LogP contribution < -0.4 is 5.73 Å². The van der Waals surface area contributed by atoms with Gasteiger partial charge in [0, 0.05) is 5.56 Å². The fourth-order valence-corrected chi connectivity index (χ4v) is 2.77. The standard InChI is InChI=1S/C16H19NO/c1-11-13(9-10-18-11)16(17)15-8-3-2-7-14(15)12-5-4-6-12/h2-3,7-10,12,16H,4-6,17H2,1H3. The molecule has 18 heavy (non-hydrogen) atoms. The molecular weight excluding hydrogens is 222 g/mol. The van der Waals surface area contributed by atoms with Gasteiger partial charge in [0.1, 0.15) is 5.76 Å². The highest BCUT2D eigenvalue weighted by Crippen LogP contribution is 2.40. The Bertz CT molecular complexity index is 540. The van der Waals surface area contributed by atoms with Gasteiger partial charge in [0.2, 0.25) is 0 Å². The molecule has 1 heterocycles. The van der Waals surface area contributed by atoms with Crippen molar-refractivity contribution in [2.45, 2.75) is 38.1 Å². The van der Waals surface area contributed by atoms with Crippen molar-refractivity contribution in [1.29, 1.82) is 0 Å². The van der Waals surface area contributed by atoms with Crippen molar-refractivity contribution in [2.75, 3.05) is 0 Å². The largest absolute Gasteiger partial charge is 0.469 e. The van der Waals surface area contributed by atoms with Crippen LogP contribution in [0, 0.1) is 6.92 Å². The highest BCUT2D eigenvalue weighted by atomic mass is 16.3. The molecule has 1 aliphatic carbocycles. The van der Waals surface area contributed by atoms with Crippen LogP contribution >= 0.6 is 0 Å². The van der Waals surface area contributed by atoms with E-state index in [-0.39, 0.29) is 6.04 Å². The number of nitrogens with two attached hydrogens (primary N) is 1. The van der Waals surface area contributed by atoms with Gasteiger partial charge in [-0.2, -0.15) is 0 Å². The van der Waals surface area contributed by atoms with Gasteiger partial charge in [-0.1, -0.05) is 30.7 Å². The van der Waals surface area contributed by atoms with Crippen LogP contribution in [-0.4, -0.2) is 0 Å². The Balaban J connectivity index is 1.98. The number of aryl methyl sites for hydroxylation is 1. The van der Waals surface area contributed by atoms with Gasteiger partial charge in [0.25, 0.3) is 0 Å². The predicted molar refractivity (Wildman–Crippen MR) is 72.5 cm³/mol. The van der Waals surface area contributed by atoms with Crippen LogP contribution in [0.25, 0.3) is 0 Å². The van der Waals surface area contributed by atoms with Gasteiger partial charge in [-0.05, 0) is 42.9 Å². The first-order valence-electron chi connectivity index (χ1n) is 6.66. The lowest BCUT2D eigenvalue weighted by Crippen LogP contribution is -2.18. The molecule has 1 saturated carbocycles. The van der Waals surface area contributed by atoms with E-state index in [0.29, 0.717) is 5.92 Å². The van der Waals surface area contributed by atoms with E-state index in [2.05, 4.69) is 24.3 Å². The Morgan fingerprint density at radius 2 is 1.94 bits per heavy atom. The minimum absolute atomic E-state index is 0.0689. The second kappa shape index (κ2) is 4.62. The lowest BCUT2D eigenvalue weighted by molar-refractivity contribution is 0.416. The van der Waals surface area contributed by atoms with Crippen LogP contribution in [0.4, 0.5) is 0 Å². The molecule has 0 spiro atoms. The average molecular weight is 241 g/mol. The minimum Gasteiger partial charge on any atom is -0.469 e. The molecule has 94 valence electrons. The molecule has 1 aromatic carbocycles. The van der Waals surface area contributed by atoms with Gasteiger partial charge >= 0.3 is 0 Å². The topological polar surface area (TPSA) is 39.2 Å². The molecule has 1 aromatic heterocycles. The molecule has 1 aliphatic rings. The van der Waals surface area contributed by atoms with Crippen molar-refractivity contribution in [2.24, 2.45) is 5.73 Å². The van der Waals surface area contributed by atoms with E-state index in [4.69, 9.17) is 10.2 Å². The summed E-state index contributed by atoms with van der Waals surface area (Å²) < 4.78 is 5.37. The minimum atomic E-state index is -0.0689. The summed E-state index contributed by atoms with van der Waals surface area (Å²) in [6.45, 7) is 1.97. The van der Waals surface area contributed by atoms with Crippen molar-refractivity contribution in [3.05, 3.63) is 59.0 Å². The quantitative estimate of drug-likeness (QED) is 0.885. The number of rotatable bonds is 3. The zero-order chi connectivity index (χ0) is 12.5. The summed E-state index contributed by atoms with van der Waals surface area (Å²) >= 11 is 0. The summed E-state index contributed by atoms with van der Waals surface area (Å²) in [5.41, 5.74) is 10.2. The lowest BCUT2D eigenvalue weighted by atomic mass is 9.76. The highest BCUT2D eigenvalue weighted by molar-refractivity contribution is 5.40. The Morgan fingerprint density at radius 3 is 2.56 bits per heavy atom. The Morgan fingerprint density at radius 1 is 1.17 bits per heavy atom. The fraction of sp³-hybridized carbons (Fsp3) is 0.375. The average Bonchev–Trinajstić information content (AvgIpc) is 2.73. The van der Waals surface area contributed by atoms with Gasteiger partial charge < -0.3 is 10.2 Å². The number of benzene rings is 1. The summed E-state index contributed by atoms with van der Waals surface area (Å²) in [4.78, 5) is 0. The number of furan rings is 1. The third-order valence-electron chi connectivity index (χ3n) is 4.11. The fourth-order valence-electron chi connectivity index (χ4n) is 2.77. The maximum atomic E-state index is 6.42. The summed E-state index contributed by atoms with van der Waals surface area (Å²) in [7, 11) is 0. The summed E-state index contributed by atoms with van der Waals surface area (Å²) in [5.74, 6) is 1.63. The smallest absolute Gasteiger partial charge is 0.105 e. The highest BCUT2D eigenvalue weighted by Gasteiger charge is 2.25. The molecule has 0 aliphatic heterocycles. The molecule has 1 unspecified atom stereocenters. The van der Waals surface area contributed by atoms with Crippen molar-refractivity contribution in [3.8, 4) is 0 Å². The van der Waals surface area contributed by atoms with Crippen molar-refractivity contribution in [3.63, 3.8) is 0 Å². The molecule has 2 heteroatoms. The second-order valence-electron chi connectivity index (χ2n) is 5.17. The van der Waals surface area contributed by atoms with E-state index in [1.807, 2.05) is 13.0 Å². The van der Waals surface area contributed by atoms with Crippen LogP contribution in [0.1, 0.15) is 53.7 Å². The molecule has 2 N–H and O–H groups in total. The molecule has 1 atom stereocenters. The third-order valence-corrected chi connectivity index (χ3v) is 4.11. The van der Waals surface area contributed by atoms with Gasteiger partial charge in [0.15, 0.2) is 0 Å². The first-order chi connectivity index (χ1) is 8.77. The van der Waals surface area contributed by atoms with Gasteiger partial charge in [-0.3, -0.25) is 0 Å². The van der Waals surface area contributed by atoms with Crippen LogP contribution in [0.15, 0.2) is 41.0 Å². The SMILES string of the molecule is Cc1occc1C(N)c1ccccc1C1CCC1. The van der Waals surface area contributed by atoms with Gasteiger partial charge in [0.05, 0.1) is 12.3 Å². The van der Waals surface area contributed by atoms with E-state index in [1.165, 1.54) is 30.4 Å². The molecule has 2 nitrogen and oxygen atoms in total. The zero-order valence-corrected chi connectivity index (χ0v) is 10.7. The van der Waals surface area contributed by atoms with E-state index >= 15 is 0 Å². The Hall–Kier alpha value is -1.54. The molecule has 3 rings (SSSR count). The lowest BCUT2D eigenvalue weighted by Gasteiger charge is -2.29. The van der Waals surface area contributed by atoms with Crippen molar-refractivity contribution >= 4 is 0 Å². The predicted octanol–water partition coefficient (Wildman–Crippen LogP) is 3.90. The molecule has 0 amide bonds. The van der Waals surface area contributed by atoms with E-state index in [0.717, 1.165) is 11.3 Å². The zero-order valence-electron chi connectivity index (χ0n) is 10.7. The monoisotopic (exact) mass is 241 g/mol. The summed E-state index contributed by atoms with van der Waals surface area (Å²) in [5, 5.41) is 0. The molecular formula is C16H19NO. The normalized spacial score (nSPS) is 17.4. The van der Waals surface area contributed by atoms with Crippen molar-refractivity contribution in [1.82, 2.24) is 0 Å². The van der Waals surface area contributed by atoms with Crippen LogP contribution in [0.3, 0.4) is 0 Å². The van der Waals surface area contributed by atoms with Crippen molar-refractivity contribution < 1.29 is 4.42 Å². The third kappa shape index (κ3) is 1.87. The van der Waals surface area contributed by atoms with Crippen LogP contribution in [-0.2, 0) is 0 Å². The molecule has 0 bridgehead atoms. The van der Waals surface area contributed by atoms with Crippen LogP contribution in [0.5, 0.6) is 0 Å². The summed E-state index contributed by atoms with van der Waals surface area (Å²) in [6, 6.07) is 10.5. The first-order valence-corrected chi connectivity index (χ1v) is 6.66. The number of hydrogen-bond donors (Lipinski definition) is 1. The molecule has 1 fully saturated rings. The van der Waals surface area contributed by atoms with E-state index in [9.17, 15) is 0 Å². The Kier molecular flexibility index (Phi) is 2.96. The molecule has 2 aromatic rings. The van der Waals surface area contributed by atoms with E-state index < -0.39 is 0 Å².